The lowest BCUT2D eigenvalue weighted by Crippen LogP contribution is -2.37. The summed E-state index contributed by atoms with van der Waals surface area (Å²) in [4.78, 5) is 14.1. The van der Waals surface area contributed by atoms with E-state index in [-0.39, 0.29) is 11.3 Å². The van der Waals surface area contributed by atoms with Crippen LogP contribution in [-0.2, 0) is 10.2 Å². The molecule has 21 heavy (non-hydrogen) atoms. The molecule has 0 saturated heterocycles. The van der Waals surface area contributed by atoms with Gasteiger partial charge in [0.05, 0.1) is 6.54 Å². The van der Waals surface area contributed by atoms with Crippen molar-refractivity contribution in [3.8, 4) is 0 Å². The fraction of sp³-hybridized carbons (Fsp3) is 0.588. The molecule has 0 aliphatic carbocycles. The molecule has 1 aromatic carbocycles. The van der Waals surface area contributed by atoms with Gasteiger partial charge in [0.2, 0.25) is 5.91 Å². The van der Waals surface area contributed by atoms with E-state index in [1.54, 1.807) is 11.8 Å². The zero-order valence-electron chi connectivity index (χ0n) is 14.1. The first-order valence-corrected chi connectivity index (χ1v) is 8.73. The van der Waals surface area contributed by atoms with Crippen molar-refractivity contribution in [1.82, 2.24) is 4.90 Å². The van der Waals surface area contributed by atoms with Gasteiger partial charge in [0.25, 0.3) is 0 Å². The van der Waals surface area contributed by atoms with Crippen LogP contribution in [0.25, 0.3) is 0 Å². The van der Waals surface area contributed by atoms with Crippen LogP contribution < -0.4 is 5.32 Å². The number of rotatable bonds is 6. The van der Waals surface area contributed by atoms with Crippen LogP contribution in [-0.4, -0.2) is 42.4 Å². The summed E-state index contributed by atoms with van der Waals surface area (Å²) in [6, 6.07) is 8.51. The number of nitrogens with one attached hydrogen (secondary N) is 1. The molecular weight excluding hydrogens is 280 g/mol. The molecule has 118 valence electrons. The van der Waals surface area contributed by atoms with E-state index in [1.165, 1.54) is 5.56 Å². The molecule has 1 rings (SSSR count). The minimum absolute atomic E-state index is 0.0361. The Morgan fingerprint density at radius 3 is 2.33 bits per heavy atom. The highest BCUT2D eigenvalue weighted by molar-refractivity contribution is 7.98. The van der Waals surface area contributed by atoms with Gasteiger partial charge in [-0.3, -0.25) is 9.69 Å². The van der Waals surface area contributed by atoms with E-state index in [2.05, 4.69) is 56.3 Å². The number of carbonyl (C=O) groups excluding carboxylic acids is 1. The highest BCUT2D eigenvalue weighted by Crippen LogP contribution is 2.23. The summed E-state index contributed by atoms with van der Waals surface area (Å²) in [5.41, 5.74) is 2.26. The van der Waals surface area contributed by atoms with E-state index in [9.17, 15) is 4.79 Å². The lowest BCUT2D eigenvalue weighted by atomic mass is 9.87. The average molecular weight is 308 g/mol. The van der Waals surface area contributed by atoms with Gasteiger partial charge < -0.3 is 5.32 Å². The number of benzene rings is 1. The molecule has 0 unspecified atom stereocenters. The molecule has 1 amide bonds. The third-order valence-corrected chi connectivity index (χ3v) is 4.40. The van der Waals surface area contributed by atoms with Gasteiger partial charge in [0, 0.05) is 17.5 Å². The Hall–Kier alpha value is -1.00. The van der Waals surface area contributed by atoms with Gasteiger partial charge in [-0.1, -0.05) is 32.9 Å². The number of nitrogens with zero attached hydrogens (tertiary/aromatic N) is 1. The van der Waals surface area contributed by atoms with Crippen LogP contribution in [0.1, 0.15) is 33.3 Å². The predicted octanol–water partition coefficient (Wildman–Crippen LogP) is 3.61. The third kappa shape index (κ3) is 6.10. The van der Waals surface area contributed by atoms with Gasteiger partial charge >= 0.3 is 0 Å². The van der Waals surface area contributed by atoms with Crippen molar-refractivity contribution in [2.24, 2.45) is 0 Å². The zero-order valence-corrected chi connectivity index (χ0v) is 14.9. The fourth-order valence-electron chi connectivity index (χ4n) is 2.00. The van der Waals surface area contributed by atoms with Gasteiger partial charge in [-0.05, 0) is 43.3 Å². The molecule has 4 heteroatoms. The Bertz CT molecular complexity index is 451. The summed E-state index contributed by atoms with van der Waals surface area (Å²) in [6.45, 7) is 9.11. The van der Waals surface area contributed by atoms with E-state index < -0.39 is 0 Å². The topological polar surface area (TPSA) is 32.3 Å². The maximum absolute atomic E-state index is 12.1. The molecule has 0 bridgehead atoms. The molecule has 0 heterocycles. The van der Waals surface area contributed by atoms with Crippen LogP contribution in [0, 0.1) is 0 Å². The van der Waals surface area contributed by atoms with Crippen molar-refractivity contribution in [1.29, 1.82) is 0 Å². The Morgan fingerprint density at radius 2 is 1.86 bits per heavy atom. The normalized spacial score (nSPS) is 13.3. The molecule has 0 aliphatic heterocycles. The molecule has 1 aromatic rings. The van der Waals surface area contributed by atoms with Crippen LogP contribution in [0.15, 0.2) is 24.3 Å². The molecule has 0 aliphatic rings. The van der Waals surface area contributed by atoms with Crippen molar-refractivity contribution >= 4 is 23.4 Å². The van der Waals surface area contributed by atoms with Crippen molar-refractivity contribution in [3.63, 3.8) is 0 Å². The summed E-state index contributed by atoms with van der Waals surface area (Å²) in [7, 11) is 1.99. The monoisotopic (exact) mass is 308 g/mol. The molecule has 1 N–H and O–H groups in total. The van der Waals surface area contributed by atoms with E-state index in [0.29, 0.717) is 12.6 Å². The molecular formula is C17H28N2OS. The third-order valence-electron chi connectivity index (χ3n) is 3.59. The van der Waals surface area contributed by atoms with Crippen molar-refractivity contribution in [2.45, 2.75) is 39.2 Å². The number of amides is 1. The lowest BCUT2D eigenvalue weighted by Gasteiger charge is -2.23. The van der Waals surface area contributed by atoms with Crippen LogP contribution in [0.4, 0.5) is 5.69 Å². The zero-order chi connectivity index (χ0) is 16.0. The highest BCUT2D eigenvalue weighted by Gasteiger charge is 2.14. The molecule has 0 saturated carbocycles. The lowest BCUT2D eigenvalue weighted by molar-refractivity contribution is -0.117. The number of carbonyl (C=O) groups is 1. The van der Waals surface area contributed by atoms with Crippen LogP contribution >= 0.6 is 11.8 Å². The Balaban J connectivity index is 2.55. The van der Waals surface area contributed by atoms with Gasteiger partial charge in [0.1, 0.15) is 0 Å². The van der Waals surface area contributed by atoms with Gasteiger partial charge in [0.15, 0.2) is 0 Å². The second kappa shape index (κ2) is 7.85. The van der Waals surface area contributed by atoms with E-state index in [4.69, 9.17) is 0 Å². The second-order valence-corrected chi connectivity index (χ2v) is 7.51. The molecule has 3 nitrogen and oxygen atoms in total. The number of likely N-dealkylation sites (N-methyl/N-ethyl adjacent to an activating group) is 1. The first-order chi connectivity index (χ1) is 9.74. The smallest absolute Gasteiger partial charge is 0.238 e. The summed E-state index contributed by atoms with van der Waals surface area (Å²) in [6.07, 6.45) is 2.08. The molecule has 0 spiro atoms. The number of anilines is 1. The number of thioether (sulfide) groups is 1. The quantitative estimate of drug-likeness (QED) is 0.871. The summed E-state index contributed by atoms with van der Waals surface area (Å²) >= 11 is 1.80. The Kier molecular flexibility index (Phi) is 6.75. The van der Waals surface area contributed by atoms with Gasteiger partial charge in [-0.2, -0.15) is 11.8 Å². The van der Waals surface area contributed by atoms with Crippen molar-refractivity contribution < 1.29 is 4.79 Å². The summed E-state index contributed by atoms with van der Waals surface area (Å²) < 4.78 is 0. The maximum Gasteiger partial charge on any atom is 0.238 e. The molecule has 0 aromatic heterocycles. The highest BCUT2D eigenvalue weighted by atomic mass is 32.2. The number of hydrogen-bond acceptors (Lipinski definition) is 3. The average Bonchev–Trinajstić information content (AvgIpc) is 2.38. The van der Waals surface area contributed by atoms with Crippen LogP contribution in [0.3, 0.4) is 0 Å². The first-order valence-electron chi connectivity index (χ1n) is 7.33. The SMILES string of the molecule is CSC[C@@H](C)N(C)CC(=O)Nc1ccc(C(C)(C)C)cc1. The Morgan fingerprint density at radius 1 is 1.29 bits per heavy atom. The molecule has 1 atom stereocenters. The molecule has 0 fully saturated rings. The summed E-state index contributed by atoms with van der Waals surface area (Å²) in [5.74, 6) is 1.07. The van der Waals surface area contributed by atoms with Crippen LogP contribution in [0.5, 0.6) is 0 Å². The van der Waals surface area contributed by atoms with Crippen molar-refractivity contribution in [3.05, 3.63) is 29.8 Å². The fourth-order valence-corrected chi connectivity index (χ4v) is 2.74. The first kappa shape index (κ1) is 18.1. The minimum Gasteiger partial charge on any atom is -0.325 e. The van der Waals surface area contributed by atoms with Crippen LogP contribution in [0.2, 0.25) is 0 Å². The summed E-state index contributed by atoms with van der Waals surface area (Å²) in [5, 5.41) is 2.96. The second-order valence-electron chi connectivity index (χ2n) is 6.60. The van der Waals surface area contributed by atoms with Gasteiger partial charge in [-0.25, -0.2) is 0 Å². The minimum atomic E-state index is 0.0361. The van der Waals surface area contributed by atoms with E-state index in [0.717, 1.165) is 11.4 Å². The largest absolute Gasteiger partial charge is 0.325 e. The maximum atomic E-state index is 12.1. The van der Waals surface area contributed by atoms with Gasteiger partial charge in [-0.15, -0.1) is 0 Å². The number of hydrogen-bond donors (Lipinski definition) is 1. The van der Waals surface area contributed by atoms with E-state index >= 15 is 0 Å². The molecule has 0 radical (unpaired) electrons. The standard InChI is InChI=1S/C17H28N2OS/c1-13(12-21-6)19(5)11-16(20)18-15-9-7-14(8-10-15)17(2,3)4/h7-10,13H,11-12H2,1-6H3,(H,18,20)/t13-/m1/s1. The Labute approximate surface area is 133 Å². The van der Waals surface area contributed by atoms with Crippen molar-refractivity contribution in [2.75, 3.05) is 30.9 Å². The predicted molar refractivity (Wildman–Crippen MR) is 94.2 cm³/mol. The van der Waals surface area contributed by atoms with E-state index in [1.807, 2.05) is 19.2 Å².